The molecule has 6 heteroatoms. The molecule has 2 aromatic rings. The Labute approximate surface area is 141 Å². The van der Waals surface area contributed by atoms with E-state index in [9.17, 15) is 4.79 Å². The van der Waals surface area contributed by atoms with Crippen LogP contribution in [-0.2, 0) is 17.9 Å². The molecular weight excluding hydrogens is 318 g/mol. The number of hydrogen-bond donors (Lipinski definition) is 1. The van der Waals surface area contributed by atoms with E-state index in [1.54, 1.807) is 17.5 Å². The van der Waals surface area contributed by atoms with Crippen molar-refractivity contribution in [1.82, 2.24) is 15.2 Å². The molecule has 0 aliphatic carbocycles. The molecule has 1 N–H and O–H groups in total. The van der Waals surface area contributed by atoms with Gasteiger partial charge in [0.1, 0.15) is 5.01 Å². The summed E-state index contributed by atoms with van der Waals surface area (Å²) in [6.45, 7) is 2.16. The maximum atomic E-state index is 12.7. The number of benzene rings is 1. The predicted molar refractivity (Wildman–Crippen MR) is 91.1 cm³/mol. The quantitative estimate of drug-likeness (QED) is 0.912. The number of carbonyl (C=O) groups is 1. The van der Waals surface area contributed by atoms with Crippen molar-refractivity contribution >= 4 is 29.7 Å². The largest absolute Gasteiger partial charge is 0.330 e. The molecule has 0 saturated carbocycles. The van der Waals surface area contributed by atoms with E-state index in [2.05, 4.69) is 22.4 Å². The zero-order valence-electron chi connectivity index (χ0n) is 12.3. The second-order valence-corrected chi connectivity index (χ2v) is 6.23. The lowest BCUT2D eigenvalue weighted by atomic mass is 10.1. The molecule has 0 bridgehead atoms. The Morgan fingerprint density at radius 2 is 2.14 bits per heavy atom. The summed E-state index contributed by atoms with van der Waals surface area (Å²) in [7, 11) is 0. The summed E-state index contributed by atoms with van der Waals surface area (Å²) in [6, 6.07) is 10.1. The number of nitrogens with zero attached hydrogens (tertiary/aromatic N) is 2. The first-order valence-corrected chi connectivity index (χ1v) is 8.15. The fourth-order valence-corrected chi connectivity index (χ4v) is 3.26. The minimum Gasteiger partial charge on any atom is -0.330 e. The van der Waals surface area contributed by atoms with E-state index in [1.165, 1.54) is 0 Å². The molecule has 0 radical (unpaired) electrons. The van der Waals surface area contributed by atoms with Gasteiger partial charge in [0.2, 0.25) is 5.91 Å². The SMILES string of the molecule is Cl.O=C(C1CCCN1)N(Cc1ccccc1)Cc1nccs1. The Morgan fingerprint density at radius 3 is 2.77 bits per heavy atom. The molecule has 1 aliphatic rings. The van der Waals surface area contributed by atoms with Gasteiger partial charge in [-0.15, -0.1) is 23.7 Å². The van der Waals surface area contributed by atoms with Crippen LogP contribution >= 0.6 is 23.7 Å². The van der Waals surface area contributed by atoms with Gasteiger partial charge in [0.05, 0.1) is 12.6 Å². The first-order valence-electron chi connectivity index (χ1n) is 7.27. The first-order chi connectivity index (χ1) is 10.3. The predicted octanol–water partition coefficient (Wildman–Crippen LogP) is 2.85. The molecule has 4 nitrogen and oxygen atoms in total. The smallest absolute Gasteiger partial charge is 0.240 e. The zero-order chi connectivity index (χ0) is 14.5. The molecular formula is C16H20ClN3OS. The van der Waals surface area contributed by atoms with Gasteiger partial charge in [-0.2, -0.15) is 0 Å². The molecule has 1 amide bonds. The lowest BCUT2D eigenvalue weighted by Gasteiger charge is -2.25. The normalized spacial score (nSPS) is 17.0. The highest BCUT2D eigenvalue weighted by atomic mass is 35.5. The number of halogens is 1. The highest BCUT2D eigenvalue weighted by Crippen LogP contribution is 2.16. The molecule has 1 unspecified atom stereocenters. The van der Waals surface area contributed by atoms with Crippen molar-refractivity contribution in [3.8, 4) is 0 Å². The Bertz CT molecular complexity index is 570. The van der Waals surface area contributed by atoms with Crippen LogP contribution in [-0.4, -0.2) is 28.4 Å². The number of aromatic nitrogens is 1. The summed E-state index contributed by atoms with van der Waals surface area (Å²) < 4.78 is 0. The summed E-state index contributed by atoms with van der Waals surface area (Å²) in [4.78, 5) is 18.9. The van der Waals surface area contributed by atoms with Crippen LogP contribution in [0.5, 0.6) is 0 Å². The van der Waals surface area contributed by atoms with Gasteiger partial charge in [-0.25, -0.2) is 4.98 Å². The molecule has 22 heavy (non-hydrogen) atoms. The van der Waals surface area contributed by atoms with Crippen molar-refractivity contribution in [3.63, 3.8) is 0 Å². The fraction of sp³-hybridized carbons (Fsp3) is 0.375. The number of amides is 1. The molecule has 1 saturated heterocycles. The third kappa shape index (κ3) is 4.29. The van der Waals surface area contributed by atoms with Crippen LogP contribution in [0.1, 0.15) is 23.4 Å². The molecule has 0 spiro atoms. The van der Waals surface area contributed by atoms with Crippen LogP contribution in [0.2, 0.25) is 0 Å². The van der Waals surface area contributed by atoms with Gasteiger partial charge >= 0.3 is 0 Å². The molecule has 1 aromatic heterocycles. The topological polar surface area (TPSA) is 45.2 Å². The van der Waals surface area contributed by atoms with Gasteiger partial charge in [-0.3, -0.25) is 4.79 Å². The van der Waals surface area contributed by atoms with Gasteiger partial charge in [0, 0.05) is 18.1 Å². The van der Waals surface area contributed by atoms with Crippen LogP contribution in [0.15, 0.2) is 41.9 Å². The molecule has 1 fully saturated rings. The van der Waals surface area contributed by atoms with Crippen molar-refractivity contribution in [3.05, 3.63) is 52.5 Å². The Balaban J connectivity index is 0.00000176. The standard InChI is InChI=1S/C16H19N3OS.ClH/c20-16(14-7-4-8-17-14)19(12-15-18-9-10-21-15)11-13-5-2-1-3-6-13;/h1-3,5-6,9-10,14,17H,4,7-8,11-12H2;1H. The highest BCUT2D eigenvalue weighted by Gasteiger charge is 2.27. The lowest BCUT2D eigenvalue weighted by molar-refractivity contribution is -0.134. The number of hydrogen-bond acceptors (Lipinski definition) is 4. The molecule has 2 heterocycles. The average molecular weight is 338 g/mol. The van der Waals surface area contributed by atoms with Crippen molar-refractivity contribution in [2.24, 2.45) is 0 Å². The monoisotopic (exact) mass is 337 g/mol. The van der Waals surface area contributed by atoms with Crippen LogP contribution in [0.3, 0.4) is 0 Å². The summed E-state index contributed by atoms with van der Waals surface area (Å²) in [5, 5.41) is 6.23. The number of rotatable bonds is 5. The zero-order valence-corrected chi connectivity index (χ0v) is 13.9. The number of carbonyl (C=O) groups excluding carboxylic acids is 1. The average Bonchev–Trinajstić information content (AvgIpc) is 3.20. The summed E-state index contributed by atoms with van der Waals surface area (Å²) >= 11 is 1.60. The van der Waals surface area contributed by atoms with Crippen LogP contribution in [0, 0.1) is 0 Å². The minimum atomic E-state index is -0.0336. The minimum absolute atomic E-state index is 0. The molecule has 1 aliphatic heterocycles. The number of nitrogens with one attached hydrogen (secondary N) is 1. The Morgan fingerprint density at radius 1 is 1.32 bits per heavy atom. The van der Waals surface area contributed by atoms with Gasteiger partial charge in [-0.1, -0.05) is 30.3 Å². The fourth-order valence-electron chi connectivity index (χ4n) is 2.63. The van der Waals surface area contributed by atoms with E-state index < -0.39 is 0 Å². The maximum absolute atomic E-state index is 12.7. The molecule has 1 aromatic carbocycles. The lowest BCUT2D eigenvalue weighted by Crippen LogP contribution is -2.42. The summed E-state index contributed by atoms with van der Waals surface area (Å²) in [5.41, 5.74) is 1.15. The third-order valence-electron chi connectivity index (χ3n) is 3.70. The third-order valence-corrected chi connectivity index (χ3v) is 4.46. The van der Waals surface area contributed by atoms with E-state index in [0.717, 1.165) is 30.0 Å². The highest BCUT2D eigenvalue weighted by molar-refractivity contribution is 7.09. The number of thiazole rings is 1. The van der Waals surface area contributed by atoms with Crippen LogP contribution in [0.25, 0.3) is 0 Å². The second kappa shape index (κ2) is 8.27. The van der Waals surface area contributed by atoms with Gasteiger partial charge < -0.3 is 10.2 Å². The molecule has 1 atom stereocenters. The van der Waals surface area contributed by atoms with Crippen LogP contribution in [0.4, 0.5) is 0 Å². The van der Waals surface area contributed by atoms with Crippen molar-refractivity contribution in [1.29, 1.82) is 0 Å². The maximum Gasteiger partial charge on any atom is 0.240 e. The summed E-state index contributed by atoms with van der Waals surface area (Å²) in [6.07, 6.45) is 3.80. The van der Waals surface area contributed by atoms with Crippen molar-refractivity contribution in [2.75, 3.05) is 6.54 Å². The van der Waals surface area contributed by atoms with E-state index in [-0.39, 0.29) is 24.4 Å². The second-order valence-electron chi connectivity index (χ2n) is 5.25. The van der Waals surface area contributed by atoms with Crippen molar-refractivity contribution < 1.29 is 4.79 Å². The van der Waals surface area contributed by atoms with Crippen molar-refractivity contribution in [2.45, 2.75) is 32.0 Å². The Hall–Kier alpha value is -1.43. The van der Waals surface area contributed by atoms with E-state index >= 15 is 0 Å². The van der Waals surface area contributed by atoms with Gasteiger partial charge in [0.25, 0.3) is 0 Å². The van der Waals surface area contributed by atoms with E-state index in [1.807, 2.05) is 28.5 Å². The summed E-state index contributed by atoms with van der Waals surface area (Å²) in [5.74, 6) is 0.187. The van der Waals surface area contributed by atoms with E-state index in [0.29, 0.717) is 13.1 Å². The van der Waals surface area contributed by atoms with Gasteiger partial charge in [0.15, 0.2) is 0 Å². The van der Waals surface area contributed by atoms with Gasteiger partial charge in [-0.05, 0) is 24.9 Å². The molecule has 118 valence electrons. The molecule has 3 rings (SSSR count). The van der Waals surface area contributed by atoms with Crippen LogP contribution < -0.4 is 5.32 Å². The van der Waals surface area contributed by atoms with E-state index in [4.69, 9.17) is 0 Å². The first kappa shape index (κ1) is 16.9. The Kier molecular flexibility index (Phi) is 6.36.